The number of halogens is 1. The maximum Gasteiger partial charge on any atom is 0.410 e. The average molecular weight is 708 g/mol. The predicted octanol–water partition coefficient (Wildman–Crippen LogP) is 6.81. The Morgan fingerprint density at radius 3 is 2.61 bits per heavy atom. The molecule has 0 aliphatic carbocycles. The monoisotopic (exact) mass is 706 g/mol. The topological polar surface area (TPSA) is 118 Å². The van der Waals surface area contributed by atoms with Gasteiger partial charge >= 0.3 is 6.09 Å². The number of amides is 1. The summed E-state index contributed by atoms with van der Waals surface area (Å²) in [4.78, 5) is 35.7. The van der Waals surface area contributed by atoms with Crippen molar-refractivity contribution in [3.05, 3.63) is 52.8 Å². The van der Waals surface area contributed by atoms with E-state index >= 15 is 0 Å². The highest BCUT2D eigenvalue weighted by atomic mass is 79.9. The number of fused-ring (bicyclic) bond motifs is 1. The van der Waals surface area contributed by atoms with Gasteiger partial charge in [-0.3, -0.25) is 4.98 Å². The third-order valence-electron chi connectivity index (χ3n) is 8.51. The van der Waals surface area contributed by atoms with Crippen LogP contribution in [0.1, 0.15) is 38.2 Å². The smallest absolute Gasteiger partial charge is 0.410 e. The predicted molar refractivity (Wildman–Crippen MR) is 189 cm³/mol. The molecule has 2 aliphatic heterocycles. The Morgan fingerprint density at radius 1 is 1.04 bits per heavy atom. The average Bonchev–Trinajstić information content (AvgIpc) is 3.29. The number of rotatable bonds is 9. The molecule has 0 radical (unpaired) electrons. The first-order valence-corrected chi connectivity index (χ1v) is 18.8. The van der Waals surface area contributed by atoms with E-state index in [1.54, 1.807) is 13.3 Å². The molecule has 2 N–H and O–H groups in total. The molecule has 46 heavy (non-hydrogen) atoms. The number of nitrogens with zero attached hydrogens (tertiary/aromatic N) is 6. The number of para-hydroxylation sites is 1. The maximum absolute atomic E-state index is 12.5. The first-order valence-electron chi connectivity index (χ1n) is 15.7. The first kappa shape index (κ1) is 32.2. The maximum atomic E-state index is 12.5. The van der Waals surface area contributed by atoms with Crippen LogP contribution in [0.25, 0.3) is 10.9 Å². The van der Waals surface area contributed by atoms with E-state index in [1.807, 2.05) is 29.3 Å². The van der Waals surface area contributed by atoms with Crippen molar-refractivity contribution in [1.82, 2.24) is 24.8 Å². The molecule has 0 unspecified atom stereocenters. The molecule has 242 valence electrons. The molecule has 2 saturated heterocycles. The van der Waals surface area contributed by atoms with Crippen molar-refractivity contribution in [2.45, 2.75) is 45.1 Å². The molecule has 0 spiro atoms. The van der Waals surface area contributed by atoms with E-state index in [0.717, 1.165) is 84.2 Å². The highest BCUT2D eigenvalue weighted by molar-refractivity contribution is 9.10. The summed E-state index contributed by atoms with van der Waals surface area (Å²) in [7, 11) is 1.19. The van der Waals surface area contributed by atoms with Gasteiger partial charge in [-0.1, -0.05) is 33.0 Å². The lowest BCUT2D eigenvalue weighted by Gasteiger charge is -2.38. The third-order valence-corrected chi connectivity index (χ3v) is 10.5. The van der Waals surface area contributed by atoms with Crippen molar-refractivity contribution in [2.24, 2.45) is 0 Å². The van der Waals surface area contributed by atoms with Gasteiger partial charge in [0, 0.05) is 42.6 Å². The van der Waals surface area contributed by atoms with Gasteiger partial charge < -0.3 is 29.9 Å². The summed E-state index contributed by atoms with van der Waals surface area (Å²) in [6.07, 6.45) is 7.88. The van der Waals surface area contributed by atoms with Crippen LogP contribution in [-0.4, -0.2) is 83.7 Å². The highest BCUT2D eigenvalue weighted by Gasteiger charge is 2.31. The van der Waals surface area contributed by atoms with E-state index in [1.165, 1.54) is 5.30 Å². The summed E-state index contributed by atoms with van der Waals surface area (Å²) in [6.45, 7) is 9.50. The first-order chi connectivity index (χ1) is 22.4. The van der Waals surface area contributed by atoms with Gasteiger partial charge in [0.1, 0.15) is 17.3 Å². The minimum Gasteiger partial charge on any atom is -0.479 e. The zero-order chi connectivity index (χ0) is 32.2. The van der Waals surface area contributed by atoms with Crippen LogP contribution in [0.5, 0.6) is 5.88 Å². The van der Waals surface area contributed by atoms with Crippen molar-refractivity contribution < 1.29 is 14.3 Å². The second-order valence-corrected chi connectivity index (χ2v) is 14.8. The zero-order valence-corrected chi connectivity index (χ0v) is 29.2. The standard InChI is InChI=1S/C33H40BrN8O3P/c1-5-21-18-26(31(44-2)40-30(21)41-15-12-22(13-16-41)42-14-8-9-17-45-33(42)43)38-32-36-19-24(34)29(39-32)37-27-20-35-25-11-7-6-10-23(25)28(27)46(3)4/h6-7,10-11,18-20,22H,5,8-9,12-17H2,1-4H3,(H2,36,37,38,39). The highest BCUT2D eigenvalue weighted by Crippen LogP contribution is 2.36. The Morgan fingerprint density at radius 2 is 1.85 bits per heavy atom. The van der Waals surface area contributed by atoms with Gasteiger partial charge in [0.2, 0.25) is 11.8 Å². The summed E-state index contributed by atoms with van der Waals surface area (Å²) < 4.78 is 11.9. The number of ether oxygens (including phenoxy) is 2. The number of piperidine rings is 1. The Labute approximate surface area is 279 Å². The number of hydrogen-bond acceptors (Lipinski definition) is 10. The summed E-state index contributed by atoms with van der Waals surface area (Å²) in [5, 5.41) is 9.24. The third kappa shape index (κ3) is 6.83. The van der Waals surface area contributed by atoms with Gasteiger partial charge in [-0.15, -0.1) is 0 Å². The van der Waals surface area contributed by atoms with Crippen LogP contribution in [0.4, 0.5) is 33.8 Å². The van der Waals surface area contributed by atoms with Crippen molar-refractivity contribution in [1.29, 1.82) is 0 Å². The molecule has 2 aliphatic rings. The fourth-order valence-corrected chi connectivity index (χ4v) is 7.77. The molecule has 2 fully saturated rings. The molecule has 1 aromatic carbocycles. The van der Waals surface area contributed by atoms with E-state index in [-0.39, 0.29) is 12.1 Å². The second kappa shape index (κ2) is 14.3. The van der Waals surface area contributed by atoms with E-state index < -0.39 is 7.92 Å². The fourth-order valence-electron chi connectivity index (χ4n) is 6.21. The van der Waals surface area contributed by atoms with Gasteiger partial charge in [0.05, 0.1) is 35.6 Å². The summed E-state index contributed by atoms with van der Waals surface area (Å²) in [5.74, 6) is 2.42. The molecule has 0 saturated carbocycles. The van der Waals surface area contributed by atoms with Crippen molar-refractivity contribution >= 4 is 75.1 Å². The van der Waals surface area contributed by atoms with Crippen molar-refractivity contribution in [3.63, 3.8) is 0 Å². The van der Waals surface area contributed by atoms with Gasteiger partial charge in [0.15, 0.2) is 0 Å². The Hall–Kier alpha value is -3.76. The van der Waals surface area contributed by atoms with Crippen LogP contribution >= 0.6 is 23.9 Å². The number of hydrogen-bond donors (Lipinski definition) is 2. The van der Waals surface area contributed by atoms with Crippen LogP contribution in [0.2, 0.25) is 0 Å². The second-order valence-electron chi connectivity index (χ2n) is 11.7. The van der Waals surface area contributed by atoms with E-state index in [4.69, 9.17) is 19.4 Å². The number of methoxy groups -OCH3 is 1. The molecule has 0 bridgehead atoms. The summed E-state index contributed by atoms with van der Waals surface area (Å²) in [6, 6.07) is 10.5. The quantitative estimate of drug-likeness (QED) is 0.180. The fraction of sp³-hybridized carbons (Fsp3) is 0.424. The van der Waals surface area contributed by atoms with Crippen LogP contribution in [-0.2, 0) is 11.2 Å². The number of anilines is 5. The van der Waals surface area contributed by atoms with E-state index in [0.29, 0.717) is 29.9 Å². The number of pyridine rings is 2. The number of aryl methyl sites for hydroxylation is 1. The molecule has 1 amide bonds. The normalized spacial score (nSPS) is 16.0. The molecule has 0 atom stereocenters. The SMILES string of the molecule is CCc1cc(Nc2ncc(Br)c(Nc3cnc4ccccc4c3P(C)C)n2)c(OC)nc1N1CCC(N2CCCCOC2=O)CC1. The zero-order valence-electron chi connectivity index (χ0n) is 26.7. The molecule has 11 nitrogen and oxygen atoms in total. The number of benzene rings is 1. The minimum absolute atomic E-state index is 0.177. The lowest BCUT2D eigenvalue weighted by atomic mass is 10.0. The van der Waals surface area contributed by atoms with Crippen molar-refractivity contribution in [3.8, 4) is 5.88 Å². The Balaban J connectivity index is 1.22. The number of carbonyl (C=O) groups excluding carboxylic acids is 1. The van der Waals surface area contributed by atoms with Crippen LogP contribution in [0, 0.1) is 0 Å². The minimum atomic E-state index is -0.428. The molecular formula is C33H40BrN8O3P. The lowest BCUT2D eigenvalue weighted by molar-refractivity contribution is 0.0945. The van der Waals surface area contributed by atoms with Crippen molar-refractivity contribution in [2.75, 3.05) is 62.2 Å². The summed E-state index contributed by atoms with van der Waals surface area (Å²) >= 11 is 3.62. The molecule has 5 heterocycles. The van der Waals surface area contributed by atoms with E-state index in [2.05, 4.69) is 73.8 Å². The molecular weight excluding hydrogens is 667 g/mol. The number of cyclic esters (lactones) is 1. The molecule has 4 aromatic rings. The molecule has 3 aromatic heterocycles. The lowest BCUT2D eigenvalue weighted by Crippen LogP contribution is -2.47. The van der Waals surface area contributed by atoms with Crippen LogP contribution < -0.4 is 25.6 Å². The van der Waals surface area contributed by atoms with Crippen LogP contribution in [0.3, 0.4) is 0 Å². The molecule has 6 rings (SSSR count). The van der Waals surface area contributed by atoms with Gasteiger partial charge in [-0.25, -0.2) is 9.78 Å². The van der Waals surface area contributed by atoms with E-state index in [9.17, 15) is 4.79 Å². The number of aromatic nitrogens is 4. The molecule has 13 heteroatoms. The summed E-state index contributed by atoms with van der Waals surface area (Å²) in [5.41, 5.74) is 3.69. The number of carbonyl (C=O) groups is 1. The van der Waals surface area contributed by atoms with Gasteiger partial charge in [-0.05, 0) is 79.1 Å². The van der Waals surface area contributed by atoms with Crippen LogP contribution in [0.15, 0.2) is 47.2 Å². The van der Waals surface area contributed by atoms with Gasteiger partial charge in [0.25, 0.3) is 0 Å². The largest absolute Gasteiger partial charge is 0.479 e. The Bertz CT molecular complexity index is 1720. The van der Waals surface area contributed by atoms with Gasteiger partial charge in [-0.2, -0.15) is 9.97 Å². The Kier molecular flexibility index (Phi) is 10.0. The number of nitrogens with one attached hydrogen (secondary N) is 2.